The summed E-state index contributed by atoms with van der Waals surface area (Å²) in [5.74, 6) is -1.04. The Hall–Kier alpha value is -3.00. The molecule has 2 aromatic heterocycles. The Morgan fingerprint density at radius 1 is 1.31 bits per heavy atom. The van der Waals surface area contributed by atoms with E-state index in [0.717, 1.165) is 27.0 Å². The summed E-state index contributed by atoms with van der Waals surface area (Å²) >= 11 is 1.49. The zero-order valence-electron chi connectivity index (χ0n) is 14.6. The number of hydrogen-bond donors (Lipinski definition) is 2. The molecule has 0 saturated carbocycles. The second-order valence-electron chi connectivity index (χ2n) is 5.95. The van der Waals surface area contributed by atoms with E-state index in [1.165, 1.54) is 11.3 Å². The zero-order chi connectivity index (χ0) is 18.8. The molecule has 0 aliphatic carbocycles. The van der Waals surface area contributed by atoms with Crippen molar-refractivity contribution >= 4 is 17.2 Å². The number of hydrogen-bond acceptors (Lipinski definition) is 6. The van der Waals surface area contributed by atoms with Gasteiger partial charge in [-0.15, -0.1) is 11.3 Å². The number of nitrogens with zero attached hydrogens (tertiary/aromatic N) is 3. The number of carbonyl (C=O) groups is 1. The van der Waals surface area contributed by atoms with Crippen molar-refractivity contribution < 1.29 is 9.90 Å². The summed E-state index contributed by atoms with van der Waals surface area (Å²) < 4.78 is 1.10. The van der Waals surface area contributed by atoms with E-state index in [9.17, 15) is 14.7 Å². The molecule has 1 aromatic carbocycles. The van der Waals surface area contributed by atoms with Crippen LogP contribution in [0.4, 0.5) is 0 Å². The third-order valence-corrected chi connectivity index (χ3v) is 4.59. The molecule has 1 atom stereocenters. The molecule has 3 rings (SSSR count). The average molecular weight is 370 g/mol. The van der Waals surface area contributed by atoms with Crippen molar-refractivity contribution in [3.8, 4) is 11.4 Å². The number of carbonyl (C=O) groups excluding carboxylic acids is 1. The largest absolute Gasteiger partial charge is 0.505 e. The number of benzene rings is 1. The Kier molecular flexibility index (Phi) is 4.85. The molecule has 26 heavy (non-hydrogen) atoms. The molecule has 0 aliphatic heterocycles. The van der Waals surface area contributed by atoms with E-state index < -0.39 is 17.2 Å². The molecule has 0 spiro atoms. The standard InChI is InChI=1S/C18H18N4O3S/c1-10-5-4-6-13(7-10)22-16(24)8-15(23)17(21-22)18(25)19-11(2)14-9-26-12(3)20-14/h4-9,11,23H,1-3H3,(H,19,25). The Balaban J connectivity index is 1.93. The van der Waals surface area contributed by atoms with Crippen molar-refractivity contribution in [2.75, 3.05) is 0 Å². The minimum absolute atomic E-state index is 0.218. The summed E-state index contributed by atoms with van der Waals surface area (Å²) in [6.07, 6.45) is 0. The molecule has 0 fully saturated rings. The summed E-state index contributed by atoms with van der Waals surface area (Å²) in [5, 5.41) is 19.6. The third kappa shape index (κ3) is 3.65. The third-order valence-electron chi connectivity index (χ3n) is 3.80. The maximum atomic E-state index is 12.5. The molecule has 8 heteroatoms. The van der Waals surface area contributed by atoms with Crippen LogP contribution < -0.4 is 10.9 Å². The first kappa shape index (κ1) is 17.8. The fraction of sp³-hybridized carbons (Fsp3) is 0.222. The van der Waals surface area contributed by atoms with Crippen molar-refractivity contribution in [3.05, 3.63) is 68.0 Å². The second kappa shape index (κ2) is 7.09. The smallest absolute Gasteiger partial charge is 0.276 e. The van der Waals surface area contributed by atoms with Crippen LogP contribution in [0, 0.1) is 13.8 Å². The average Bonchev–Trinajstić information content (AvgIpc) is 3.01. The number of nitrogens with one attached hydrogen (secondary N) is 1. The lowest BCUT2D eigenvalue weighted by molar-refractivity contribution is 0.0929. The molecule has 0 saturated heterocycles. The van der Waals surface area contributed by atoms with Crippen molar-refractivity contribution in [1.82, 2.24) is 20.1 Å². The predicted octanol–water partition coefficient (Wildman–Crippen LogP) is 2.50. The number of rotatable bonds is 4. The molecule has 134 valence electrons. The van der Waals surface area contributed by atoms with Crippen LogP contribution in [0.2, 0.25) is 0 Å². The highest BCUT2D eigenvalue weighted by molar-refractivity contribution is 7.09. The number of thiazole rings is 1. The fourth-order valence-electron chi connectivity index (χ4n) is 2.47. The van der Waals surface area contributed by atoms with E-state index in [1.54, 1.807) is 25.1 Å². The monoisotopic (exact) mass is 370 g/mol. The molecule has 1 amide bonds. The van der Waals surface area contributed by atoms with Gasteiger partial charge in [0.2, 0.25) is 0 Å². The summed E-state index contributed by atoms with van der Waals surface area (Å²) in [6, 6.07) is 7.79. The van der Waals surface area contributed by atoms with Gasteiger partial charge in [-0.1, -0.05) is 12.1 Å². The highest BCUT2D eigenvalue weighted by Gasteiger charge is 2.20. The van der Waals surface area contributed by atoms with Crippen molar-refractivity contribution in [1.29, 1.82) is 0 Å². The second-order valence-corrected chi connectivity index (χ2v) is 7.02. The molecule has 7 nitrogen and oxygen atoms in total. The molecule has 2 heterocycles. The minimum Gasteiger partial charge on any atom is -0.505 e. The van der Waals surface area contributed by atoms with E-state index in [-0.39, 0.29) is 11.7 Å². The van der Waals surface area contributed by atoms with Crippen molar-refractivity contribution in [3.63, 3.8) is 0 Å². The van der Waals surface area contributed by atoms with Crippen LogP contribution in [0.25, 0.3) is 5.69 Å². The molecule has 0 aliphatic rings. The summed E-state index contributed by atoms with van der Waals surface area (Å²) in [7, 11) is 0. The van der Waals surface area contributed by atoms with Crippen LogP contribution in [0.5, 0.6) is 5.75 Å². The van der Waals surface area contributed by atoms with Gasteiger partial charge in [0, 0.05) is 11.4 Å². The lowest BCUT2D eigenvalue weighted by atomic mass is 10.2. The molecule has 0 bridgehead atoms. The number of aryl methyl sites for hydroxylation is 2. The highest BCUT2D eigenvalue weighted by atomic mass is 32.1. The van der Waals surface area contributed by atoms with Crippen LogP contribution in [0.1, 0.15) is 39.7 Å². The number of aromatic hydroxyl groups is 1. The first-order valence-corrected chi connectivity index (χ1v) is 8.86. The van der Waals surface area contributed by atoms with Crippen LogP contribution in [-0.2, 0) is 0 Å². The maximum Gasteiger partial charge on any atom is 0.276 e. The van der Waals surface area contributed by atoms with Gasteiger partial charge in [0.1, 0.15) is 0 Å². The van der Waals surface area contributed by atoms with Crippen LogP contribution in [0.15, 0.2) is 40.5 Å². The lowest BCUT2D eigenvalue weighted by Gasteiger charge is -2.13. The molecule has 0 radical (unpaired) electrons. The van der Waals surface area contributed by atoms with Gasteiger partial charge in [0.25, 0.3) is 11.5 Å². The van der Waals surface area contributed by atoms with Crippen molar-refractivity contribution in [2.45, 2.75) is 26.8 Å². The van der Waals surface area contributed by atoms with Crippen LogP contribution in [-0.4, -0.2) is 25.8 Å². The topological polar surface area (TPSA) is 97.1 Å². The van der Waals surface area contributed by atoms with Gasteiger partial charge < -0.3 is 10.4 Å². The van der Waals surface area contributed by atoms with E-state index in [0.29, 0.717) is 5.69 Å². The Bertz CT molecular complexity index is 1030. The Morgan fingerprint density at radius 2 is 2.08 bits per heavy atom. The van der Waals surface area contributed by atoms with E-state index in [2.05, 4.69) is 15.4 Å². The number of amides is 1. The van der Waals surface area contributed by atoms with E-state index in [4.69, 9.17) is 0 Å². The number of aromatic nitrogens is 3. The van der Waals surface area contributed by atoms with Gasteiger partial charge in [-0.05, 0) is 38.5 Å². The quantitative estimate of drug-likeness (QED) is 0.735. The fourth-order valence-corrected chi connectivity index (χ4v) is 3.18. The van der Waals surface area contributed by atoms with Gasteiger partial charge in [-0.2, -0.15) is 9.78 Å². The first-order chi connectivity index (χ1) is 12.3. The Morgan fingerprint density at radius 3 is 2.73 bits per heavy atom. The molecule has 1 unspecified atom stereocenters. The van der Waals surface area contributed by atoms with Crippen molar-refractivity contribution in [2.24, 2.45) is 0 Å². The van der Waals surface area contributed by atoms with Gasteiger partial charge in [0.05, 0.1) is 22.4 Å². The van der Waals surface area contributed by atoms with Crippen LogP contribution in [0.3, 0.4) is 0 Å². The highest BCUT2D eigenvalue weighted by Crippen LogP contribution is 2.18. The van der Waals surface area contributed by atoms with Gasteiger partial charge in [-0.25, -0.2) is 4.98 Å². The molecule has 3 aromatic rings. The summed E-state index contributed by atoms with van der Waals surface area (Å²) in [5.41, 5.74) is 1.46. The molecular weight excluding hydrogens is 352 g/mol. The van der Waals surface area contributed by atoms with Gasteiger partial charge >= 0.3 is 0 Å². The van der Waals surface area contributed by atoms with Crippen LogP contribution >= 0.6 is 11.3 Å². The maximum absolute atomic E-state index is 12.5. The minimum atomic E-state index is -0.581. The van der Waals surface area contributed by atoms with Gasteiger partial charge in [0.15, 0.2) is 11.4 Å². The van der Waals surface area contributed by atoms with Gasteiger partial charge in [-0.3, -0.25) is 9.59 Å². The lowest BCUT2D eigenvalue weighted by Crippen LogP contribution is -2.31. The molecular formula is C18H18N4O3S. The van der Waals surface area contributed by atoms with E-state index >= 15 is 0 Å². The molecule has 2 N–H and O–H groups in total. The van der Waals surface area contributed by atoms with E-state index in [1.807, 2.05) is 25.3 Å². The first-order valence-electron chi connectivity index (χ1n) is 7.98. The summed E-state index contributed by atoms with van der Waals surface area (Å²) in [6.45, 7) is 5.56. The SMILES string of the molecule is Cc1cccc(-n2nc(C(=O)NC(C)c3csc(C)n3)c(O)cc2=O)c1. The zero-order valence-corrected chi connectivity index (χ0v) is 15.4. The predicted molar refractivity (Wildman–Crippen MR) is 99.0 cm³/mol. The summed E-state index contributed by atoms with van der Waals surface area (Å²) in [4.78, 5) is 29.1. The normalized spacial score (nSPS) is 12.0. The Labute approximate surface area is 154 Å².